The molecule has 0 spiro atoms. The lowest BCUT2D eigenvalue weighted by atomic mass is 9.83. The van der Waals surface area contributed by atoms with E-state index in [9.17, 15) is 19.8 Å². The standard InChI is InChI=1S/C35H38N6O4/c1-25(9-7-8-19-39-23-31(37-38-39)29(24-42)27-10-3-2-4-11-27)35(45)30-12-5-6-13-32(30)41(34(35)44)22-26-14-16-28(17-15-26)40-20-18-36-21-33(40)43/h2-7,9-17,23,25,29,36,42,45H,8,18-22,24H2,1H3/b9-7+/t25-,29?,35+/m0/s1. The van der Waals surface area contributed by atoms with Gasteiger partial charge in [0.25, 0.3) is 5.91 Å². The van der Waals surface area contributed by atoms with Crippen LogP contribution in [-0.4, -0.2) is 63.3 Å². The van der Waals surface area contributed by atoms with Gasteiger partial charge in [0.05, 0.1) is 37.0 Å². The topological polar surface area (TPSA) is 124 Å². The second-order valence-corrected chi connectivity index (χ2v) is 11.6. The minimum Gasteiger partial charge on any atom is -0.395 e. The monoisotopic (exact) mass is 606 g/mol. The maximum Gasteiger partial charge on any atom is 0.264 e. The van der Waals surface area contributed by atoms with Crippen molar-refractivity contribution in [2.24, 2.45) is 5.92 Å². The van der Waals surface area contributed by atoms with Gasteiger partial charge in [0.1, 0.15) is 0 Å². The summed E-state index contributed by atoms with van der Waals surface area (Å²) in [6.45, 7) is 4.35. The maximum atomic E-state index is 13.9. The number of aliphatic hydroxyl groups is 2. The van der Waals surface area contributed by atoms with Crippen molar-refractivity contribution in [1.29, 1.82) is 0 Å². The van der Waals surface area contributed by atoms with E-state index < -0.39 is 11.5 Å². The average Bonchev–Trinajstić information content (AvgIpc) is 3.62. The Morgan fingerprint density at radius 3 is 2.53 bits per heavy atom. The minimum atomic E-state index is -1.70. The molecule has 3 atom stereocenters. The third-order valence-electron chi connectivity index (χ3n) is 8.76. The molecule has 0 aliphatic carbocycles. The van der Waals surface area contributed by atoms with E-state index in [2.05, 4.69) is 15.6 Å². The molecule has 2 aliphatic heterocycles. The summed E-state index contributed by atoms with van der Waals surface area (Å²) in [5.74, 6) is -1.05. The Morgan fingerprint density at radius 1 is 1.02 bits per heavy atom. The summed E-state index contributed by atoms with van der Waals surface area (Å²) in [5, 5.41) is 33.5. The van der Waals surface area contributed by atoms with Crippen molar-refractivity contribution < 1.29 is 19.8 Å². The van der Waals surface area contributed by atoms with E-state index >= 15 is 0 Å². The number of aromatic nitrogens is 3. The number of hydrogen-bond acceptors (Lipinski definition) is 7. The van der Waals surface area contributed by atoms with E-state index in [0.717, 1.165) is 23.4 Å². The fourth-order valence-electron chi connectivity index (χ4n) is 6.19. The lowest BCUT2D eigenvalue weighted by Crippen LogP contribution is -2.48. The first kappa shape index (κ1) is 30.4. The van der Waals surface area contributed by atoms with Crippen molar-refractivity contribution >= 4 is 23.2 Å². The van der Waals surface area contributed by atoms with Crippen LogP contribution >= 0.6 is 0 Å². The molecule has 10 nitrogen and oxygen atoms in total. The summed E-state index contributed by atoms with van der Waals surface area (Å²) >= 11 is 0. The number of nitrogens with zero attached hydrogens (tertiary/aromatic N) is 5. The summed E-state index contributed by atoms with van der Waals surface area (Å²) in [7, 11) is 0. The number of rotatable bonds is 11. The van der Waals surface area contributed by atoms with Gasteiger partial charge >= 0.3 is 0 Å². The Hall–Kier alpha value is -4.64. The predicted molar refractivity (Wildman–Crippen MR) is 172 cm³/mol. The fourth-order valence-corrected chi connectivity index (χ4v) is 6.19. The molecule has 4 aromatic rings. The molecular formula is C35H38N6O4. The van der Waals surface area contributed by atoms with E-state index in [1.165, 1.54) is 0 Å². The molecule has 3 heterocycles. The molecule has 1 aromatic heterocycles. The van der Waals surface area contributed by atoms with Crippen LogP contribution in [0.3, 0.4) is 0 Å². The Bertz CT molecular complexity index is 1670. The molecular weight excluding hydrogens is 568 g/mol. The van der Waals surface area contributed by atoms with Gasteiger partial charge in [0.2, 0.25) is 5.91 Å². The highest BCUT2D eigenvalue weighted by Crippen LogP contribution is 2.45. The summed E-state index contributed by atoms with van der Waals surface area (Å²) < 4.78 is 1.74. The smallest absolute Gasteiger partial charge is 0.264 e. The number of benzene rings is 3. The maximum absolute atomic E-state index is 13.9. The Labute approximate surface area is 262 Å². The van der Waals surface area contributed by atoms with E-state index in [4.69, 9.17) is 0 Å². The number of aliphatic hydroxyl groups excluding tert-OH is 1. The number of carbonyl (C=O) groups is 2. The molecule has 1 unspecified atom stereocenters. The van der Waals surface area contributed by atoms with Crippen molar-refractivity contribution in [1.82, 2.24) is 20.3 Å². The highest BCUT2D eigenvalue weighted by Gasteiger charge is 2.52. The molecule has 0 bridgehead atoms. The number of carbonyl (C=O) groups excluding carboxylic acids is 2. The van der Waals surface area contributed by atoms with Crippen molar-refractivity contribution in [2.45, 2.75) is 38.0 Å². The number of anilines is 2. The Balaban J connectivity index is 1.11. The van der Waals surface area contributed by atoms with Crippen LogP contribution in [0.4, 0.5) is 11.4 Å². The van der Waals surface area contributed by atoms with E-state index in [0.29, 0.717) is 49.5 Å². The van der Waals surface area contributed by atoms with Gasteiger partial charge < -0.3 is 25.3 Å². The van der Waals surface area contributed by atoms with Crippen molar-refractivity contribution in [2.75, 3.05) is 36.0 Å². The first-order valence-electron chi connectivity index (χ1n) is 15.4. The van der Waals surface area contributed by atoms with Gasteiger partial charge in [-0.05, 0) is 35.7 Å². The number of fused-ring (bicyclic) bond motifs is 1. The molecule has 3 aromatic carbocycles. The molecule has 2 aliphatic rings. The number of nitrogens with one attached hydrogen (secondary N) is 1. The molecule has 10 heteroatoms. The largest absolute Gasteiger partial charge is 0.395 e. The fraction of sp³-hybridized carbons (Fsp3) is 0.314. The molecule has 1 fully saturated rings. The third kappa shape index (κ3) is 6.04. The number of hydrogen-bond donors (Lipinski definition) is 3. The second-order valence-electron chi connectivity index (χ2n) is 11.6. The molecule has 1 saturated heterocycles. The van der Waals surface area contributed by atoms with Crippen LogP contribution in [0.5, 0.6) is 0 Å². The van der Waals surface area contributed by atoms with Crippen LogP contribution in [0, 0.1) is 5.92 Å². The van der Waals surface area contributed by atoms with E-state index in [1.807, 2.05) is 104 Å². The normalized spacial score (nSPS) is 19.7. The summed E-state index contributed by atoms with van der Waals surface area (Å²) in [6, 6.07) is 24.8. The summed E-state index contributed by atoms with van der Waals surface area (Å²) in [4.78, 5) is 29.6. The number of amides is 2. The minimum absolute atomic E-state index is 0.0363. The molecule has 232 valence electrons. The van der Waals surface area contributed by atoms with Crippen LogP contribution in [0.2, 0.25) is 0 Å². The number of para-hydroxylation sites is 1. The Morgan fingerprint density at radius 2 is 1.78 bits per heavy atom. The Kier molecular flexibility index (Phi) is 8.88. The highest BCUT2D eigenvalue weighted by molar-refractivity contribution is 6.07. The first-order chi connectivity index (χ1) is 21.9. The second kappa shape index (κ2) is 13.2. The highest BCUT2D eigenvalue weighted by atomic mass is 16.3. The molecule has 45 heavy (non-hydrogen) atoms. The lowest BCUT2D eigenvalue weighted by Gasteiger charge is -2.28. The van der Waals surface area contributed by atoms with Gasteiger partial charge in [-0.25, -0.2) is 0 Å². The van der Waals surface area contributed by atoms with Crippen LogP contribution in [0.25, 0.3) is 0 Å². The van der Waals surface area contributed by atoms with Crippen LogP contribution in [-0.2, 0) is 28.3 Å². The van der Waals surface area contributed by atoms with Crippen LogP contribution in [0.1, 0.15) is 41.6 Å². The SMILES string of the molecule is C[C@@H](/C=C/CCn1cc(C(CO)c2ccccc2)nn1)[C@]1(O)C(=O)N(Cc2ccc(N3CCNCC3=O)cc2)c2ccccc21. The molecule has 0 radical (unpaired) electrons. The van der Waals surface area contributed by atoms with Crippen molar-refractivity contribution in [3.63, 3.8) is 0 Å². The van der Waals surface area contributed by atoms with Gasteiger partial charge in [-0.2, -0.15) is 0 Å². The van der Waals surface area contributed by atoms with E-state index in [-0.39, 0.29) is 24.3 Å². The number of piperazine rings is 1. The van der Waals surface area contributed by atoms with Crippen LogP contribution in [0.15, 0.2) is 97.2 Å². The molecule has 6 rings (SSSR count). The predicted octanol–water partition coefficient (Wildman–Crippen LogP) is 3.36. The van der Waals surface area contributed by atoms with E-state index in [1.54, 1.807) is 14.5 Å². The van der Waals surface area contributed by atoms with Gasteiger partial charge in [0, 0.05) is 43.0 Å². The van der Waals surface area contributed by atoms with Gasteiger partial charge in [-0.15, -0.1) is 5.10 Å². The molecule has 3 N–H and O–H groups in total. The lowest BCUT2D eigenvalue weighted by molar-refractivity contribution is -0.139. The summed E-state index contributed by atoms with van der Waals surface area (Å²) in [6.07, 6.45) is 6.32. The van der Waals surface area contributed by atoms with Crippen molar-refractivity contribution in [3.05, 3.63) is 120 Å². The van der Waals surface area contributed by atoms with Crippen molar-refractivity contribution in [3.8, 4) is 0 Å². The third-order valence-corrected chi connectivity index (χ3v) is 8.76. The van der Waals surface area contributed by atoms with Gasteiger partial charge in [-0.3, -0.25) is 14.3 Å². The molecule has 2 amide bonds. The van der Waals surface area contributed by atoms with Gasteiger partial charge in [-0.1, -0.05) is 85.0 Å². The summed E-state index contributed by atoms with van der Waals surface area (Å²) in [5.41, 5.74) is 3.00. The quantitative estimate of drug-likeness (QED) is 0.224. The van der Waals surface area contributed by atoms with Gasteiger partial charge in [0.15, 0.2) is 5.60 Å². The number of allylic oxidation sites excluding steroid dienone is 1. The van der Waals surface area contributed by atoms with Crippen LogP contribution < -0.4 is 15.1 Å². The zero-order chi connectivity index (χ0) is 31.4. The zero-order valence-electron chi connectivity index (χ0n) is 25.3. The first-order valence-corrected chi connectivity index (χ1v) is 15.4. The molecule has 0 saturated carbocycles. The number of aryl methyl sites for hydroxylation is 1. The zero-order valence-corrected chi connectivity index (χ0v) is 25.3. The average molecular weight is 607 g/mol.